The van der Waals surface area contributed by atoms with Crippen LogP contribution in [0.2, 0.25) is 0 Å². The average molecular weight is 252 g/mol. The van der Waals surface area contributed by atoms with Gasteiger partial charge in [0.05, 0.1) is 11.2 Å². The summed E-state index contributed by atoms with van der Waals surface area (Å²) >= 11 is 0. The molecule has 0 aromatic rings. The summed E-state index contributed by atoms with van der Waals surface area (Å²) in [7, 11) is 0. The molecule has 0 aromatic heterocycles. The van der Waals surface area contributed by atoms with Crippen LogP contribution < -0.4 is 0 Å². The normalized spacial score (nSPS) is 56.8. The topological polar surface area (TPSA) is 66.8 Å². The van der Waals surface area contributed by atoms with E-state index in [1.54, 1.807) is 6.92 Å². The Hall–Kier alpha value is -0.870. The van der Waals surface area contributed by atoms with Crippen LogP contribution in [0.15, 0.2) is 12.7 Å². The van der Waals surface area contributed by atoms with Crippen LogP contribution in [-0.2, 0) is 9.53 Å². The second kappa shape index (κ2) is 2.99. The molecular weight excluding hydrogens is 232 g/mol. The van der Waals surface area contributed by atoms with E-state index in [2.05, 4.69) is 13.5 Å². The molecule has 3 aliphatic rings. The second-order valence-corrected chi connectivity index (χ2v) is 7.08. The number of ether oxygens (including phenoxy) is 1. The Bertz CT molecular complexity index is 443. The van der Waals surface area contributed by atoms with E-state index in [1.165, 1.54) is 0 Å². The zero-order valence-corrected chi connectivity index (χ0v) is 10.9. The summed E-state index contributed by atoms with van der Waals surface area (Å²) in [5.74, 6) is -0.509. The van der Waals surface area contributed by atoms with Gasteiger partial charge in [0, 0.05) is 24.8 Å². The lowest BCUT2D eigenvalue weighted by Gasteiger charge is -2.78. The lowest BCUT2D eigenvalue weighted by Crippen LogP contribution is -2.83. The van der Waals surface area contributed by atoms with Crippen molar-refractivity contribution in [1.82, 2.24) is 0 Å². The van der Waals surface area contributed by atoms with Crippen molar-refractivity contribution in [3.8, 4) is 0 Å². The number of hydrogen-bond acceptors (Lipinski definition) is 4. The van der Waals surface area contributed by atoms with Gasteiger partial charge < -0.3 is 14.9 Å². The lowest BCUT2D eigenvalue weighted by molar-refractivity contribution is -0.381. The van der Waals surface area contributed by atoms with Crippen LogP contribution in [0, 0.1) is 11.3 Å². The van der Waals surface area contributed by atoms with Gasteiger partial charge in [0.1, 0.15) is 5.60 Å². The van der Waals surface area contributed by atoms with E-state index in [1.807, 2.05) is 0 Å². The molecule has 5 unspecified atom stereocenters. The molecule has 100 valence electrons. The van der Waals surface area contributed by atoms with Crippen molar-refractivity contribution in [1.29, 1.82) is 0 Å². The highest BCUT2D eigenvalue weighted by Gasteiger charge is 2.81. The van der Waals surface area contributed by atoms with E-state index in [0.29, 0.717) is 19.3 Å². The Labute approximate surface area is 107 Å². The van der Waals surface area contributed by atoms with E-state index in [4.69, 9.17) is 4.74 Å². The summed E-state index contributed by atoms with van der Waals surface area (Å²) in [6.45, 7) is 7.23. The molecule has 0 heterocycles. The van der Waals surface area contributed by atoms with Crippen molar-refractivity contribution < 1.29 is 19.7 Å². The number of carbonyl (C=O) groups excluding carboxylic acids is 1. The molecule has 4 heteroatoms. The van der Waals surface area contributed by atoms with E-state index < -0.39 is 22.8 Å². The summed E-state index contributed by atoms with van der Waals surface area (Å²) in [6.07, 6.45) is 3.33. The van der Waals surface area contributed by atoms with Crippen LogP contribution in [0.3, 0.4) is 0 Å². The molecule has 2 N–H and O–H groups in total. The van der Waals surface area contributed by atoms with Gasteiger partial charge in [0.25, 0.3) is 0 Å². The molecule has 0 saturated heterocycles. The smallest absolute Gasteiger partial charge is 0.330 e. The quantitative estimate of drug-likeness (QED) is 0.571. The van der Waals surface area contributed by atoms with Crippen molar-refractivity contribution in [2.75, 3.05) is 0 Å². The molecule has 4 nitrogen and oxygen atoms in total. The first-order valence-electron chi connectivity index (χ1n) is 6.45. The SMILES string of the molecule is C=CC(=O)OC12CC(C)(O)CC3(O)CC(C)(C1)C32. The van der Waals surface area contributed by atoms with Crippen LogP contribution in [-0.4, -0.2) is 33.0 Å². The summed E-state index contributed by atoms with van der Waals surface area (Å²) in [5.41, 5.74) is -2.49. The lowest BCUT2D eigenvalue weighted by atomic mass is 9.31. The van der Waals surface area contributed by atoms with Gasteiger partial charge in [-0.3, -0.25) is 0 Å². The largest absolute Gasteiger partial charge is 0.455 e. The molecule has 0 aromatic carbocycles. The third kappa shape index (κ3) is 1.30. The summed E-state index contributed by atoms with van der Waals surface area (Å²) < 4.78 is 5.52. The van der Waals surface area contributed by atoms with Gasteiger partial charge in [0.2, 0.25) is 0 Å². The Balaban J connectivity index is 1.94. The van der Waals surface area contributed by atoms with Crippen molar-refractivity contribution in [3.63, 3.8) is 0 Å². The highest BCUT2D eigenvalue weighted by atomic mass is 16.6. The zero-order valence-electron chi connectivity index (χ0n) is 10.9. The molecule has 3 aliphatic carbocycles. The third-order valence-electron chi connectivity index (χ3n) is 5.01. The molecule has 3 rings (SSSR count). The zero-order chi connectivity index (χ0) is 13.4. The maximum absolute atomic E-state index is 11.5. The van der Waals surface area contributed by atoms with Crippen LogP contribution in [0.25, 0.3) is 0 Å². The molecule has 0 spiro atoms. The minimum atomic E-state index is -0.978. The van der Waals surface area contributed by atoms with Gasteiger partial charge in [-0.1, -0.05) is 13.5 Å². The second-order valence-electron chi connectivity index (χ2n) is 7.08. The maximum Gasteiger partial charge on any atom is 0.330 e. The summed E-state index contributed by atoms with van der Waals surface area (Å²) in [5, 5.41) is 20.9. The fourth-order valence-corrected chi connectivity index (χ4v) is 5.43. The van der Waals surface area contributed by atoms with Crippen molar-refractivity contribution >= 4 is 5.97 Å². The van der Waals surface area contributed by atoms with Crippen LogP contribution in [0.4, 0.5) is 0 Å². The minimum Gasteiger partial charge on any atom is -0.455 e. The van der Waals surface area contributed by atoms with E-state index in [-0.39, 0.29) is 11.3 Å². The van der Waals surface area contributed by atoms with Gasteiger partial charge >= 0.3 is 5.97 Å². The predicted molar refractivity (Wildman–Crippen MR) is 64.7 cm³/mol. The van der Waals surface area contributed by atoms with Crippen molar-refractivity contribution in [2.24, 2.45) is 11.3 Å². The molecule has 0 amide bonds. The maximum atomic E-state index is 11.5. The van der Waals surface area contributed by atoms with E-state index in [9.17, 15) is 15.0 Å². The van der Waals surface area contributed by atoms with Crippen LogP contribution >= 0.6 is 0 Å². The van der Waals surface area contributed by atoms with Crippen molar-refractivity contribution in [2.45, 2.75) is 56.3 Å². The molecule has 3 fully saturated rings. The molecule has 0 radical (unpaired) electrons. The van der Waals surface area contributed by atoms with Gasteiger partial charge in [-0.25, -0.2) is 4.79 Å². The predicted octanol–water partition coefficient (Wildman–Crippen LogP) is 1.16. The Morgan fingerprint density at radius 1 is 1.28 bits per heavy atom. The first-order chi connectivity index (χ1) is 8.15. The van der Waals surface area contributed by atoms with Gasteiger partial charge in [-0.05, 0) is 25.2 Å². The first kappa shape index (κ1) is 12.2. The molecule has 0 bridgehead atoms. The minimum absolute atomic E-state index is 0.0402. The Morgan fingerprint density at radius 3 is 2.50 bits per heavy atom. The average Bonchev–Trinajstić information content (AvgIpc) is 2.09. The number of aliphatic hydroxyl groups is 2. The van der Waals surface area contributed by atoms with Gasteiger partial charge in [0.15, 0.2) is 0 Å². The first-order valence-corrected chi connectivity index (χ1v) is 6.45. The summed E-state index contributed by atoms with van der Waals surface area (Å²) in [4.78, 5) is 11.5. The Kier molecular flexibility index (Phi) is 2.02. The van der Waals surface area contributed by atoms with Crippen molar-refractivity contribution in [3.05, 3.63) is 12.7 Å². The number of hydrogen-bond donors (Lipinski definition) is 2. The molecular formula is C14H20O4. The third-order valence-corrected chi connectivity index (χ3v) is 5.01. The van der Waals surface area contributed by atoms with Crippen LogP contribution in [0.1, 0.15) is 39.5 Å². The number of esters is 1. The summed E-state index contributed by atoms with van der Waals surface area (Å²) in [6, 6.07) is 0. The van der Waals surface area contributed by atoms with E-state index in [0.717, 1.165) is 12.5 Å². The standard InChI is InChI=1S/C14H20O4/c1-4-9(15)18-14-6-11(2)5-13(17,10(11)14)7-12(3,16)8-14/h4,10,16-17H,1,5-8H2,2-3H3. The highest BCUT2D eigenvalue weighted by Crippen LogP contribution is 2.76. The molecule has 3 saturated carbocycles. The van der Waals surface area contributed by atoms with Gasteiger partial charge in [-0.2, -0.15) is 0 Å². The fourth-order valence-electron chi connectivity index (χ4n) is 5.43. The van der Waals surface area contributed by atoms with E-state index >= 15 is 0 Å². The molecule has 5 atom stereocenters. The van der Waals surface area contributed by atoms with Crippen LogP contribution in [0.5, 0.6) is 0 Å². The number of carbonyl (C=O) groups is 1. The molecule has 18 heavy (non-hydrogen) atoms. The highest BCUT2D eigenvalue weighted by molar-refractivity contribution is 5.81. The Morgan fingerprint density at radius 2 is 1.94 bits per heavy atom. The monoisotopic (exact) mass is 252 g/mol. The van der Waals surface area contributed by atoms with Gasteiger partial charge in [-0.15, -0.1) is 0 Å². The fraction of sp³-hybridized carbons (Fsp3) is 0.786. The molecule has 0 aliphatic heterocycles. The number of rotatable bonds is 2.